The molecule has 15 heavy (non-hydrogen) atoms. The summed E-state index contributed by atoms with van der Waals surface area (Å²) >= 11 is 0. The third-order valence-electron chi connectivity index (χ3n) is 2.75. The fourth-order valence-corrected chi connectivity index (χ4v) is 1.78. The van der Waals surface area contributed by atoms with Gasteiger partial charge in [-0.15, -0.1) is 0 Å². The van der Waals surface area contributed by atoms with E-state index in [1.165, 1.54) is 0 Å². The minimum absolute atomic E-state index is 0.0372. The van der Waals surface area contributed by atoms with E-state index in [1.54, 1.807) is 4.90 Å². The fraction of sp³-hybridized carbons (Fsp3) is 0.417. The average Bonchev–Trinajstić information content (AvgIpc) is 2.82. The molecule has 2 rings (SSSR count). The highest BCUT2D eigenvalue weighted by molar-refractivity contribution is 5.94. The molecule has 0 bridgehead atoms. The van der Waals surface area contributed by atoms with E-state index in [9.17, 15) is 4.79 Å². The van der Waals surface area contributed by atoms with Crippen molar-refractivity contribution < 1.29 is 9.53 Å². The number of anilines is 1. The molecule has 1 aliphatic rings. The van der Waals surface area contributed by atoms with Crippen molar-refractivity contribution in [3.05, 3.63) is 30.3 Å². The van der Waals surface area contributed by atoms with Crippen molar-refractivity contribution in [3.63, 3.8) is 0 Å². The van der Waals surface area contributed by atoms with Gasteiger partial charge in [-0.25, -0.2) is 0 Å². The first-order valence-corrected chi connectivity index (χ1v) is 5.19. The van der Waals surface area contributed by atoms with E-state index in [1.807, 2.05) is 37.4 Å². The molecule has 1 saturated heterocycles. The van der Waals surface area contributed by atoms with Crippen molar-refractivity contribution in [2.75, 3.05) is 25.2 Å². The number of nitrogens with zero attached hydrogens (tertiary/aromatic N) is 1. The van der Waals surface area contributed by atoms with Crippen LogP contribution in [0.1, 0.15) is 6.42 Å². The van der Waals surface area contributed by atoms with Crippen LogP contribution in [-0.4, -0.2) is 26.2 Å². The summed E-state index contributed by atoms with van der Waals surface area (Å²) in [5.41, 5.74) is 0.939. The minimum Gasteiger partial charge on any atom is -0.381 e. The first kappa shape index (κ1) is 10.2. The third kappa shape index (κ3) is 2.18. The van der Waals surface area contributed by atoms with Gasteiger partial charge in [-0.1, -0.05) is 18.2 Å². The van der Waals surface area contributed by atoms with E-state index in [-0.39, 0.29) is 11.8 Å². The van der Waals surface area contributed by atoms with Gasteiger partial charge in [0.05, 0.1) is 12.5 Å². The van der Waals surface area contributed by atoms with Crippen molar-refractivity contribution in [2.24, 2.45) is 5.92 Å². The molecule has 0 saturated carbocycles. The van der Waals surface area contributed by atoms with Gasteiger partial charge in [-0.05, 0) is 18.6 Å². The normalized spacial score (nSPS) is 20.2. The van der Waals surface area contributed by atoms with E-state index in [0.717, 1.165) is 12.1 Å². The minimum atomic E-state index is 0.0372. The molecule has 1 aromatic carbocycles. The van der Waals surface area contributed by atoms with Crippen LogP contribution in [0.3, 0.4) is 0 Å². The maximum atomic E-state index is 12.0. The van der Waals surface area contributed by atoms with Crippen LogP contribution in [0.15, 0.2) is 30.3 Å². The summed E-state index contributed by atoms with van der Waals surface area (Å²) < 4.78 is 5.22. The van der Waals surface area contributed by atoms with E-state index < -0.39 is 0 Å². The molecule has 1 fully saturated rings. The van der Waals surface area contributed by atoms with Crippen molar-refractivity contribution in [1.82, 2.24) is 0 Å². The van der Waals surface area contributed by atoms with Crippen LogP contribution >= 0.6 is 0 Å². The standard InChI is InChI=1S/C12H15NO2/c1-13(11-5-3-2-4-6-11)12(14)10-7-8-15-9-10/h2-6,10H,7-9H2,1H3. The van der Waals surface area contributed by atoms with E-state index in [4.69, 9.17) is 4.74 Å². The van der Waals surface area contributed by atoms with Gasteiger partial charge in [-0.3, -0.25) is 4.79 Å². The zero-order valence-corrected chi connectivity index (χ0v) is 8.85. The van der Waals surface area contributed by atoms with E-state index >= 15 is 0 Å². The largest absolute Gasteiger partial charge is 0.381 e. The third-order valence-corrected chi connectivity index (χ3v) is 2.75. The lowest BCUT2D eigenvalue weighted by molar-refractivity contribution is -0.122. The molecule has 3 nitrogen and oxygen atoms in total. The number of hydrogen-bond acceptors (Lipinski definition) is 2. The van der Waals surface area contributed by atoms with Gasteiger partial charge in [0, 0.05) is 19.3 Å². The molecule has 1 aromatic rings. The molecule has 0 aliphatic carbocycles. The molecule has 1 atom stereocenters. The Morgan fingerprint density at radius 2 is 2.13 bits per heavy atom. The Kier molecular flexibility index (Phi) is 3.02. The molecular formula is C12H15NO2. The summed E-state index contributed by atoms with van der Waals surface area (Å²) in [5, 5.41) is 0. The molecule has 0 N–H and O–H groups in total. The number of para-hydroxylation sites is 1. The predicted octanol–water partition coefficient (Wildman–Crippen LogP) is 1.69. The van der Waals surface area contributed by atoms with E-state index in [2.05, 4.69) is 0 Å². The molecule has 1 unspecified atom stereocenters. The lowest BCUT2D eigenvalue weighted by Gasteiger charge is -2.20. The Hall–Kier alpha value is -1.35. The Bertz CT molecular complexity index is 331. The Balaban J connectivity index is 2.07. The van der Waals surface area contributed by atoms with Gasteiger partial charge in [0.1, 0.15) is 0 Å². The van der Waals surface area contributed by atoms with E-state index in [0.29, 0.717) is 13.2 Å². The van der Waals surface area contributed by atoms with Crippen molar-refractivity contribution in [3.8, 4) is 0 Å². The number of amides is 1. The molecule has 0 aromatic heterocycles. The second kappa shape index (κ2) is 4.45. The smallest absolute Gasteiger partial charge is 0.232 e. The van der Waals surface area contributed by atoms with Crippen LogP contribution in [-0.2, 0) is 9.53 Å². The highest BCUT2D eigenvalue weighted by atomic mass is 16.5. The molecule has 0 spiro atoms. The number of carbonyl (C=O) groups excluding carboxylic acids is 1. The van der Waals surface area contributed by atoms with Crippen molar-refractivity contribution >= 4 is 11.6 Å². The number of ether oxygens (including phenoxy) is 1. The number of hydrogen-bond donors (Lipinski definition) is 0. The molecular weight excluding hydrogens is 190 g/mol. The lowest BCUT2D eigenvalue weighted by atomic mass is 10.1. The van der Waals surface area contributed by atoms with Gasteiger partial charge in [-0.2, -0.15) is 0 Å². The first-order valence-electron chi connectivity index (χ1n) is 5.19. The number of carbonyl (C=O) groups is 1. The summed E-state index contributed by atoms with van der Waals surface area (Å²) in [5.74, 6) is 0.189. The van der Waals surface area contributed by atoms with Gasteiger partial charge < -0.3 is 9.64 Å². The highest BCUT2D eigenvalue weighted by Crippen LogP contribution is 2.19. The Labute approximate surface area is 89.7 Å². The number of rotatable bonds is 2. The van der Waals surface area contributed by atoms with Crippen LogP contribution in [0.4, 0.5) is 5.69 Å². The van der Waals surface area contributed by atoms with Crippen molar-refractivity contribution in [1.29, 1.82) is 0 Å². The zero-order chi connectivity index (χ0) is 10.7. The maximum absolute atomic E-state index is 12.0. The average molecular weight is 205 g/mol. The quantitative estimate of drug-likeness (QED) is 0.735. The van der Waals surface area contributed by atoms with Crippen LogP contribution in [0, 0.1) is 5.92 Å². The topological polar surface area (TPSA) is 29.5 Å². The monoisotopic (exact) mass is 205 g/mol. The SMILES string of the molecule is CN(C(=O)C1CCOC1)c1ccccc1. The molecule has 0 radical (unpaired) electrons. The summed E-state index contributed by atoms with van der Waals surface area (Å²) in [7, 11) is 1.82. The zero-order valence-electron chi connectivity index (χ0n) is 8.85. The second-order valence-corrected chi connectivity index (χ2v) is 3.79. The van der Waals surface area contributed by atoms with Gasteiger partial charge >= 0.3 is 0 Å². The van der Waals surface area contributed by atoms with Crippen LogP contribution < -0.4 is 4.90 Å². The first-order chi connectivity index (χ1) is 7.29. The fourth-order valence-electron chi connectivity index (χ4n) is 1.78. The summed E-state index contributed by atoms with van der Waals surface area (Å²) in [6.45, 7) is 1.27. The summed E-state index contributed by atoms with van der Waals surface area (Å²) in [4.78, 5) is 13.7. The van der Waals surface area contributed by atoms with Crippen molar-refractivity contribution in [2.45, 2.75) is 6.42 Å². The van der Waals surface area contributed by atoms with Gasteiger partial charge in [0.25, 0.3) is 0 Å². The molecule has 80 valence electrons. The molecule has 1 amide bonds. The van der Waals surface area contributed by atoms with Crippen LogP contribution in [0.5, 0.6) is 0 Å². The molecule has 3 heteroatoms. The lowest BCUT2D eigenvalue weighted by Crippen LogP contribution is -2.33. The summed E-state index contributed by atoms with van der Waals surface area (Å²) in [6, 6.07) is 9.69. The Morgan fingerprint density at radius 3 is 2.73 bits per heavy atom. The second-order valence-electron chi connectivity index (χ2n) is 3.79. The highest BCUT2D eigenvalue weighted by Gasteiger charge is 2.26. The number of benzene rings is 1. The predicted molar refractivity (Wildman–Crippen MR) is 58.8 cm³/mol. The van der Waals surface area contributed by atoms with Crippen LogP contribution in [0.25, 0.3) is 0 Å². The van der Waals surface area contributed by atoms with Gasteiger partial charge in [0.2, 0.25) is 5.91 Å². The molecule has 1 heterocycles. The van der Waals surface area contributed by atoms with Crippen LogP contribution in [0.2, 0.25) is 0 Å². The summed E-state index contributed by atoms with van der Waals surface area (Å²) in [6.07, 6.45) is 0.843. The molecule has 1 aliphatic heterocycles. The Morgan fingerprint density at radius 1 is 1.40 bits per heavy atom. The maximum Gasteiger partial charge on any atom is 0.232 e. The van der Waals surface area contributed by atoms with Gasteiger partial charge in [0.15, 0.2) is 0 Å².